The zero-order valence-electron chi connectivity index (χ0n) is 16.0. The maximum atomic E-state index is 11.7. The van der Waals surface area contributed by atoms with Crippen LogP contribution in [0.15, 0.2) is 12.2 Å². The molecular weight excluding hydrogens is 294 g/mol. The SMILES string of the molecule is O=C1CCCCCCCCCCC/C=C\CCCCCCCCN1. The minimum Gasteiger partial charge on any atom is -0.356 e. The highest BCUT2D eigenvalue weighted by molar-refractivity contribution is 5.75. The fraction of sp³-hybridized carbons (Fsp3) is 0.864. The normalized spacial score (nSPS) is 23.9. The van der Waals surface area contributed by atoms with Gasteiger partial charge in [-0.2, -0.15) is 0 Å². The standard InChI is InChI=1S/C22H41NO/c24-22-20-18-16-14-12-10-8-6-4-2-1-3-5-7-9-11-13-15-17-19-21-23-22/h3,5H,1-2,4,6-21H2,(H,23,24)/b5-3-. The van der Waals surface area contributed by atoms with Crippen LogP contribution in [-0.4, -0.2) is 12.5 Å². The van der Waals surface area contributed by atoms with E-state index in [1.165, 1.54) is 96.3 Å². The highest BCUT2D eigenvalue weighted by atomic mass is 16.1. The largest absolute Gasteiger partial charge is 0.356 e. The Bertz CT molecular complexity index is 311. The second kappa shape index (κ2) is 17.0. The van der Waals surface area contributed by atoms with Crippen LogP contribution in [0.5, 0.6) is 0 Å². The third kappa shape index (κ3) is 14.8. The van der Waals surface area contributed by atoms with E-state index in [2.05, 4.69) is 17.5 Å². The van der Waals surface area contributed by atoms with Crippen LogP contribution in [0.4, 0.5) is 0 Å². The van der Waals surface area contributed by atoms with Gasteiger partial charge in [0, 0.05) is 13.0 Å². The van der Waals surface area contributed by atoms with E-state index in [9.17, 15) is 4.79 Å². The number of hydrogen-bond donors (Lipinski definition) is 1. The topological polar surface area (TPSA) is 29.1 Å². The van der Waals surface area contributed by atoms with Crippen molar-refractivity contribution in [3.05, 3.63) is 12.2 Å². The summed E-state index contributed by atoms with van der Waals surface area (Å²) in [5.41, 5.74) is 0. The average molecular weight is 336 g/mol. The number of carbonyl (C=O) groups is 1. The molecule has 0 aliphatic carbocycles. The second-order valence-corrected chi connectivity index (χ2v) is 7.45. The monoisotopic (exact) mass is 335 g/mol. The van der Waals surface area contributed by atoms with Gasteiger partial charge in [0.2, 0.25) is 5.91 Å². The Morgan fingerprint density at radius 1 is 0.542 bits per heavy atom. The highest BCUT2D eigenvalue weighted by Crippen LogP contribution is 2.12. The molecule has 2 heteroatoms. The van der Waals surface area contributed by atoms with E-state index in [0.717, 1.165) is 25.8 Å². The van der Waals surface area contributed by atoms with E-state index in [1.54, 1.807) is 0 Å². The molecule has 1 aliphatic heterocycles. The summed E-state index contributed by atoms with van der Waals surface area (Å²) in [6.45, 7) is 0.877. The van der Waals surface area contributed by atoms with Crippen molar-refractivity contribution >= 4 is 5.91 Å². The highest BCUT2D eigenvalue weighted by Gasteiger charge is 2.00. The fourth-order valence-electron chi connectivity index (χ4n) is 3.43. The minimum atomic E-state index is 0.264. The van der Waals surface area contributed by atoms with E-state index in [-0.39, 0.29) is 5.91 Å². The van der Waals surface area contributed by atoms with Gasteiger partial charge >= 0.3 is 0 Å². The van der Waals surface area contributed by atoms with Gasteiger partial charge in [0.15, 0.2) is 0 Å². The van der Waals surface area contributed by atoms with E-state index in [4.69, 9.17) is 0 Å². The zero-order valence-corrected chi connectivity index (χ0v) is 16.0. The molecule has 0 saturated carbocycles. The molecule has 24 heavy (non-hydrogen) atoms. The van der Waals surface area contributed by atoms with Crippen LogP contribution in [0.3, 0.4) is 0 Å². The number of hydrogen-bond acceptors (Lipinski definition) is 1. The second-order valence-electron chi connectivity index (χ2n) is 7.45. The first kappa shape index (κ1) is 21.3. The molecule has 0 bridgehead atoms. The Morgan fingerprint density at radius 3 is 1.50 bits per heavy atom. The Labute approximate surface area is 150 Å². The molecule has 0 saturated heterocycles. The lowest BCUT2D eigenvalue weighted by atomic mass is 10.1. The maximum Gasteiger partial charge on any atom is 0.219 e. The number of carbonyl (C=O) groups excluding carboxylic acids is 1. The van der Waals surface area contributed by atoms with E-state index in [1.807, 2.05) is 0 Å². The lowest BCUT2D eigenvalue weighted by molar-refractivity contribution is -0.121. The quantitative estimate of drug-likeness (QED) is 0.491. The molecule has 0 aromatic rings. The number of rotatable bonds is 0. The number of allylic oxidation sites excluding steroid dienone is 2. The molecular formula is C22H41NO. The van der Waals surface area contributed by atoms with Gasteiger partial charge in [-0.05, 0) is 38.5 Å². The van der Waals surface area contributed by atoms with Crippen LogP contribution >= 0.6 is 0 Å². The first-order valence-corrected chi connectivity index (χ1v) is 10.8. The molecule has 1 heterocycles. The Hall–Kier alpha value is -0.790. The predicted octanol–water partition coefficient (Wildman–Crippen LogP) is 6.69. The summed E-state index contributed by atoms with van der Waals surface area (Å²) in [6.07, 6.45) is 27.7. The molecule has 0 unspecified atom stereocenters. The summed E-state index contributed by atoms with van der Waals surface area (Å²) in [6, 6.07) is 0. The summed E-state index contributed by atoms with van der Waals surface area (Å²) in [7, 11) is 0. The smallest absolute Gasteiger partial charge is 0.219 e. The van der Waals surface area contributed by atoms with Gasteiger partial charge in [-0.25, -0.2) is 0 Å². The van der Waals surface area contributed by atoms with Crippen molar-refractivity contribution in [3.8, 4) is 0 Å². The number of amides is 1. The lowest BCUT2D eigenvalue weighted by Crippen LogP contribution is -2.23. The number of nitrogens with one attached hydrogen (secondary N) is 1. The molecule has 0 fully saturated rings. The van der Waals surface area contributed by atoms with Crippen molar-refractivity contribution in [1.82, 2.24) is 5.32 Å². The molecule has 2 nitrogen and oxygen atoms in total. The minimum absolute atomic E-state index is 0.264. The van der Waals surface area contributed by atoms with Gasteiger partial charge < -0.3 is 5.32 Å². The first-order valence-electron chi connectivity index (χ1n) is 10.8. The first-order chi connectivity index (χ1) is 11.9. The Balaban J connectivity index is 2.13. The van der Waals surface area contributed by atoms with Crippen molar-refractivity contribution in [3.63, 3.8) is 0 Å². The Morgan fingerprint density at radius 2 is 0.958 bits per heavy atom. The van der Waals surface area contributed by atoms with Crippen molar-refractivity contribution in [2.75, 3.05) is 6.54 Å². The van der Waals surface area contributed by atoms with Crippen molar-refractivity contribution in [1.29, 1.82) is 0 Å². The maximum absolute atomic E-state index is 11.7. The van der Waals surface area contributed by atoms with E-state index >= 15 is 0 Å². The molecule has 0 atom stereocenters. The van der Waals surface area contributed by atoms with E-state index < -0.39 is 0 Å². The molecule has 0 spiro atoms. The van der Waals surface area contributed by atoms with Crippen molar-refractivity contribution in [2.45, 2.75) is 116 Å². The van der Waals surface area contributed by atoms with Gasteiger partial charge in [-0.15, -0.1) is 0 Å². The molecule has 1 N–H and O–H groups in total. The zero-order chi connectivity index (χ0) is 17.1. The molecule has 0 aromatic heterocycles. The molecule has 1 amide bonds. The molecule has 1 aliphatic rings. The fourth-order valence-corrected chi connectivity index (χ4v) is 3.43. The van der Waals surface area contributed by atoms with Crippen molar-refractivity contribution in [2.24, 2.45) is 0 Å². The molecule has 1 rings (SSSR count). The summed E-state index contributed by atoms with van der Waals surface area (Å²) < 4.78 is 0. The van der Waals surface area contributed by atoms with Gasteiger partial charge in [0.25, 0.3) is 0 Å². The molecule has 0 radical (unpaired) electrons. The third-order valence-electron chi connectivity index (χ3n) is 5.06. The summed E-state index contributed by atoms with van der Waals surface area (Å²) in [5.74, 6) is 0.264. The van der Waals surface area contributed by atoms with Crippen LogP contribution < -0.4 is 5.32 Å². The predicted molar refractivity (Wildman–Crippen MR) is 105 cm³/mol. The van der Waals surface area contributed by atoms with Crippen LogP contribution in [0.25, 0.3) is 0 Å². The van der Waals surface area contributed by atoms with E-state index in [0.29, 0.717) is 0 Å². The summed E-state index contributed by atoms with van der Waals surface area (Å²) in [4.78, 5) is 11.7. The van der Waals surface area contributed by atoms with Crippen LogP contribution in [0.2, 0.25) is 0 Å². The Kier molecular flexibility index (Phi) is 15.1. The molecule has 0 aromatic carbocycles. The summed E-state index contributed by atoms with van der Waals surface area (Å²) in [5, 5.41) is 3.08. The molecule has 140 valence electrons. The van der Waals surface area contributed by atoms with Crippen LogP contribution in [0.1, 0.15) is 116 Å². The van der Waals surface area contributed by atoms with Gasteiger partial charge in [0.05, 0.1) is 0 Å². The van der Waals surface area contributed by atoms with Gasteiger partial charge in [-0.1, -0.05) is 82.8 Å². The van der Waals surface area contributed by atoms with Gasteiger partial charge in [-0.3, -0.25) is 4.79 Å². The lowest BCUT2D eigenvalue weighted by Gasteiger charge is -2.05. The van der Waals surface area contributed by atoms with Crippen LogP contribution in [0, 0.1) is 0 Å². The third-order valence-corrected chi connectivity index (χ3v) is 5.06. The van der Waals surface area contributed by atoms with Gasteiger partial charge in [0.1, 0.15) is 0 Å². The van der Waals surface area contributed by atoms with Crippen LogP contribution in [-0.2, 0) is 4.79 Å². The summed E-state index contributed by atoms with van der Waals surface area (Å²) >= 11 is 0. The van der Waals surface area contributed by atoms with Crippen molar-refractivity contribution < 1.29 is 4.79 Å². The average Bonchev–Trinajstić information content (AvgIpc) is 2.58.